The number of nitrogens with zero attached hydrogens (tertiary/aromatic N) is 1. The molecule has 21 heavy (non-hydrogen) atoms. The molecule has 1 aromatic rings. The summed E-state index contributed by atoms with van der Waals surface area (Å²) in [6, 6.07) is 8.51. The standard InChI is InChI=1S/C19H31NO/c1-4-5-6-7-8-9-10-11-12-18-13-15-19(16-14-18)20-17(2)21-3/h13-16H,4-12H2,1-3H3. The van der Waals surface area contributed by atoms with E-state index in [-0.39, 0.29) is 0 Å². The van der Waals surface area contributed by atoms with Crippen LogP contribution in [-0.4, -0.2) is 13.0 Å². The van der Waals surface area contributed by atoms with Crippen LogP contribution in [0.5, 0.6) is 0 Å². The molecule has 0 atom stereocenters. The fourth-order valence-corrected chi connectivity index (χ4v) is 2.43. The highest BCUT2D eigenvalue weighted by Gasteiger charge is 1.96. The zero-order valence-corrected chi connectivity index (χ0v) is 14.0. The van der Waals surface area contributed by atoms with Crippen molar-refractivity contribution >= 4 is 11.6 Å². The zero-order chi connectivity index (χ0) is 15.3. The Bertz CT molecular complexity index is 395. The summed E-state index contributed by atoms with van der Waals surface area (Å²) in [6.07, 6.45) is 12.2. The van der Waals surface area contributed by atoms with Crippen LogP contribution in [0.2, 0.25) is 0 Å². The Morgan fingerprint density at radius 2 is 1.48 bits per heavy atom. The highest BCUT2D eigenvalue weighted by Crippen LogP contribution is 2.16. The lowest BCUT2D eigenvalue weighted by Gasteiger charge is -2.04. The number of unbranched alkanes of at least 4 members (excludes halogenated alkanes) is 7. The summed E-state index contributed by atoms with van der Waals surface area (Å²) in [5, 5.41) is 0. The van der Waals surface area contributed by atoms with Gasteiger partial charge in [-0.2, -0.15) is 0 Å². The molecule has 0 bridgehead atoms. The van der Waals surface area contributed by atoms with Crippen molar-refractivity contribution in [2.24, 2.45) is 4.99 Å². The molecule has 2 nitrogen and oxygen atoms in total. The van der Waals surface area contributed by atoms with Crippen molar-refractivity contribution in [3.05, 3.63) is 29.8 Å². The van der Waals surface area contributed by atoms with E-state index in [2.05, 4.69) is 36.2 Å². The average Bonchev–Trinajstić information content (AvgIpc) is 2.51. The van der Waals surface area contributed by atoms with Crippen LogP contribution in [0, 0.1) is 0 Å². The maximum atomic E-state index is 5.06. The van der Waals surface area contributed by atoms with E-state index >= 15 is 0 Å². The zero-order valence-electron chi connectivity index (χ0n) is 14.0. The minimum absolute atomic E-state index is 0.700. The van der Waals surface area contributed by atoms with Gasteiger partial charge in [0.25, 0.3) is 0 Å². The SMILES string of the molecule is CCCCCCCCCCc1ccc(N=C(C)OC)cc1. The van der Waals surface area contributed by atoms with E-state index in [1.54, 1.807) is 7.11 Å². The van der Waals surface area contributed by atoms with Crippen LogP contribution in [-0.2, 0) is 11.2 Å². The molecule has 0 saturated carbocycles. The molecular formula is C19H31NO. The molecular weight excluding hydrogens is 258 g/mol. The van der Waals surface area contributed by atoms with Gasteiger partial charge in [0.1, 0.15) is 0 Å². The number of hydrogen-bond acceptors (Lipinski definition) is 2. The molecule has 2 heteroatoms. The summed E-state index contributed by atoms with van der Waals surface area (Å²) in [7, 11) is 1.65. The minimum Gasteiger partial charge on any atom is -0.484 e. The van der Waals surface area contributed by atoms with Crippen LogP contribution in [0.15, 0.2) is 29.3 Å². The smallest absolute Gasteiger partial charge is 0.184 e. The second kappa shape index (κ2) is 11.4. The maximum absolute atomic E-state index is 5.06. The molecule has 0 aliphatic heterocycles. The third kappa shape index (κ3) is 8.54. The van der Waals surface area contributed by atoms with Crippen molar-refractivity contribution < 1.29 is 4.74 Å². The normalized spacial score (nSPS) is 11.7. The molecule has 0 fully saturated rings. The summed E-state index contributed by atoms with van der Waals surface area (Å²) in [4.78, 5) is 4.36. The molecule has 0 aliphatic carbocycles. The predicted molar refractivity (Wildman–Crippen MR) is 92.5 cm³/mol. The molecule has 0 amide bonds. The molecule has 0 unspecified atom stereocenters. The van der Waals surface area contributed by atoms with Gasteiger partial charge < -0.3 is 4.74 Å². The van der Waals surface area contributed by atoms with Crippen molar-refractivity contribution in [3.8, 4) is 0 Å². The van der Waals surface area contributed by atoms with E-state index in [1.807, 2.05) is 6.92 Å². The van der Waals surface area contributed by atoms with Crippen LogP contribution in [0.3, 0.4) is 0 Å². The Kier molecular flexibility index (Phi) is 9.60. The third-order valence-electron chi connectivity index (χ3n) is 3.84. The summed E-state index contributed by atoms with van der Waals surface area (Å²) in [5.41, 5.74) is 2.38. The summed E-state index contributed by atoms with van der Waals surface area (Å²) in [5.74, 6) is 0.700. The number of ether oxygens (including phenoxy) is 1. The molecule has 0 N–H and O–H groups in total. The number of hydrogen-bond donors (Lipinski definition) is 0. The lowest BCUT2D eigenvalue weighted by molar-refractivity contribution is 0.400. The van der Waals surface area contributed by atoms with Crippen LogP contribution in [0.25, 0.3) is 0 Å². The lowest BCUT2D eigenvalue weighted by atomic mass is 10.0. The van der Waals surface area contributed by atoms with E-state index < -0.39 is 0 Å². The molecule has 0 spiro atoms. The Morgan fingerprint density at radius 1 is 0.905 bits per heavy atom. The van der Waals surface area contributed by atoms with Gasteiger partial charge in [0.15, 0.2) is 5.90 Å². The first-order valence-electron chi connectivity index (χ1n) is 8.44. The number of methoxy groups -OCH3 is 1. The van der Waals surface area contributed by atoms with Crippen LogP contribution in [0.4, 0.5) is 5.69 Å². The lowest BCUT2D eigenvalue weighted by Crippen LogP contribution is -1.92. The van der Waals surface area contributed by atoms with Gasteiger partial charge in [-0.05, 0) is 30.5 Å². The van der Waals surface area contributed by atoms with Crippen LogP contribution < -0.4 is 0 Å². The summed E-state index contributed by atoms with van der Waals surface area (Å²) < 4.78 is 5.06. The van der Waals surface area contributed by atoms with Crippen LogP contribution >= 0.6 is 0 Å². The van der Waals surface area contributed by atoms with E-state index in [4.69, 9.17) is 4.74 Å². The Hall–Kier alpha value is -1.31. The van der Waals surface area contributed by atoms with E-state index in [0.29, 0.717) is 5.90 Å². The number of rotatable bonds is 10. The Balaban J connectivity index is 2.15. The number of benzene rings is 1. The molecule has 0 aliphatic rings. The molecule has 0 saturated heterocycles. The summed E-state index contributed by atoms with van der Waals surface area (Å²) in [6.45, 7) is 4.14. The second-order valence-electron chi connectivity index (χ2n) is 5.73. The van der Waals surface area contributed by atoms with Crippen LogP contribution in [0.1, 0.15) is 70.8 Å². The highest BCUT2D eigenvalue weighted by molar-refractivity contribution is 5.76. The van der Waals surface area contributed by atoms with Gasteiger partial charge in [0.2, 0.25) is 0 Å². The largest absolute Gasteiger partial charge is 0.484 e. The first-order valence-corrected chi connectivity index (χ1v) is 8.44. The van der Waals surface area contributed by atoms with Gasteiger partial charge in [-0.1, -0.05) is 64.0 Å². The van der Waals surface area contributed by atoms with E-state index in [9.17, 15) is 0 Å². The van der Waals surface area contributed by atoms with E-state index in [0.717, 1.165) is 5.69 Å². The molecule has 1 rings (SSSR count). The fraction of sp³-hybridized carbons (Fsp3) is 0.632. The summed E-state index contributed by atoms with van der Waals surface area (Å²) >= 11 is 0. The van der Waals surface area contributed by atoms with Gasteiger partial charge in [-0.15, -0.1) is 0 Å². The third-order valence-corrected chi connectivity index (χ3v) is 3.84. The fourth-order valence-electron chi connectivity index (χ4n) is 2.43. The van der Waals surface area contributed by atoms with Gasteiger partial charge >= 0.3 is 0 Å². The molecule has 118 valence electrons. The minimum atomic E-state index is 0.700. The number of aryl methyl sites for hydroxylation is 1. The van der Waals surface area contributed by atoms with Gasteiger partial charge in [-0.3, -0.25) is 0 Å². The average molecular weight is 289 g/mol. The quantitative estimate of drug-likeness (QED) is 0.291. The molecule has 0 aromatic heterocycles. The van der Waals surface area contributed by atoms with E-state index in [1.165, 1.54) is 63.4 Å². The topological polar surface area (TPSA) is 21.6 Å². The van der Waals surface area contributed by atoms with Gasteiger partial charge in [0, 0.05) is 6.92 Å². The number of aliphatic imine (C=N–C) groups is 1. The predicted octanol–water partition coefficient (Wildman–Crippen LogP) is 6.07. The van der Waals surface area contributed by atoms with Crippen molar-refractivity contribution in [1.82, 2.24) is 0 Å². The monoisotopic (exact) mass is 289 g/mol. The van der Waals surface area contributed by atoms with Crippen molar-refractivity contribution in [2.45, 2.75) is 71.6 Å². The molecule has 0 radical (unpaired) electrons. The Morgan fingerprint density at radius 3 is 2.05 bits per heavy atom. The highest BCUT2D eigenvalue weighted by atomic mass is 16.5. The first-order chi connectivity index (χ1) is 10.3. The van der Waals surface area contributed by atoms with Gasteiger partial charge in [0.05, 0.1) is 12.8 Å². The first kappa shape index (κ1) is 17.7. The second-order valence-corrected chi connectivity index (χ2v) is 5.73. The molecule has 1 aromatic carbocycles. The Labute approximate surface area is 130 Å². The molecule has 0 heterocycles. The van der Waals surface area contributed by atoms with Gasteiger partial charge in [-0.25, -0.2) is 4.99 Å². The van der Waals surface area contributed by atoms with Crippen molar-refractivity contribution in [2.75, 3.05) is 7.11 Å². The van der Waals surface area contributed by atoms with Crippen molar-refractivity contribution in [3.63, 3.8) is 0 Å². The maximum Gasteiger partial charge on any atom is 0.184 e. The van der Waals surface area contributed by atoms with Crippen molar-refractivity contribution in [1.29, 1.82) is 0 Å².